The van der Waals surface area contributed by atoms with Gasteiger partial charge in [-0.05, 0) is 48.7 Å². The highest BCUT2D eigenvalue weighted by Crippen LogP contribution is 2.33. The van der Waals surface area contributed by atoms with Crippen molar-refractivity contribution in [2.75, 3.05) is 11.9 Å². The van der Waals surface area contributed by atoms with Crippen molar-refractivity contribution in [3.05, 3.63) is 69.6 Å². The SMILES string of the molecule is Cc1cccc(NC(=O)CCCN2C(=O)/C(=C/c3ccccc3Cl)SC2=S)c1. The molecule has 0 unspecified atom stereocenters. The zero-order chi connectivity index (χ0) is 20.1. The number of nitrogens with zero attached hydrogens (tertiary/aromatic N) is 1. The third-order valence-corrected chi connectivity index (χ3v) is 5.87. The number of benzene rings is 2. The number of nitrogens with one attached hydrogen (secondary N) is 1. The van der Waals surface area contributed by atoms with Crippen molar-refractivity contribution in [3.8, 4) is 0 Å². The van der Waals surface area contributed by atoms with Gasteiger partial charge in [0.05, 0.1) is 4.91 Å². The van der Waals surface area contributed by atoms with E-state index in [1.165, 1.54) is 11.8 Å². The number of hydrogen-bond acceptors (Lipinski definition) is 4. The molecular weight excluding hydrogens is 412 g/mol. The lowest BCUT2D eigenvalue weighted by Crippen LogP contribution is -2.29. The first-order chi connectivity index (χ1) is 13.4. The van der Waals surface area contributed by atoms with E-state index in [2.05, 4.69) is 5.32 Å². The third-order valence-electron chi connectivity index (χ3n) is 4.15. The maximum Gasteiger partial charge on any atom is 0.266 e. The summed E-state index contributed by atoms with van der Waals surface area (Å²) in [6.07, 6.45) is 2.60. The summed E-state index contributed by atoms with van der Waals surface area (Å²) in [6.45, 7) is 2.38. The van der Waals surface area contributed by atoms with Crippen LogP contribution in [0.25, 0.3) is 6.08 Å². The molecule has 1 fully saturated rings. The molecule has 28 heavy (non-hydrogen) atoms. The highest BCUT2D eigenvalue weighted by Gasteiger charge is 2.31. The van der Waals surface area contributed by atoms with E-state index < -0.39 is 0 Å². The van der Waals surface area contributed by atoms with Crippen LogP contribution in [0.5, 0.6) is 0 Å². The summed E-state index contributed by atoms with van der Waals surface area (Å²) in [5.74, 6) is -0.225. The van der Waals surface area contributed by atoms with Crippen LogP contribution in [0.1, 0.15) is 24.0 Å². The maximum absolute atomic E-state index is 12.6. The van der Waals surface area contributed by atoms with Gasteiger partial charge in [0.15, 0.2) is 0 Å². The molecule has 144 valence electrons. The normalized spacial score (nSPS) is 15.4. The number of thioether (sulfide) groups is 1. The van der Waals surface area contributed by atoms with E-state index >= 15 is 0 Å². The van der Waals surface area contributed by atoms with E-state index in [1.807, 2.05) is 49.4 Å². The summed E-state index contributed by atoms with van der Waals surface area (Å²) in [7, 11) is 0. The van der Waals surface area contributed by atoms with Gasteiger partial charge in [-0.2, -0.15) is 0 Å². The molecule has 1 N–H and O–H groups in total. The summed E-state index contributed by atoms with van der Waals surface area (Å²) in [6, 6.07) is 15.0. The number of carbonyl (C=O) groups is 2. The highest BCUT2D eigenvalue weighted by molar-refractivity contribution is 8.26. The molecule has 0 radical (unpaired) electrons. The zero-order valence-corrected chi connectivity index (χ0v) is 17.7. The second-order valence-electron chi connectivity index (χ2n) is 6.38. The Hall–Kier alpha value is -2.15. The first-order valence-corrected chi connectivity index (χ1v) is 10.4. The van der Waals surface area contributed by atoms with Crippen LogP contribution in [-0.4, -0.2) is 27.6 Å². The molecule has 0 aromatic heterocycles. The predicted octanol–water partition coefficient (Wildman–Crippen LogP) is 5.27. The fourth-order valence-corrected chi connectivity index (χ4v) is 4.26. The van der Waals surface area contributed by atoms with Crippen molar-refractivity contribution < 1.29 is 9.59 Å². The molecule has 0 aliphatic carbocycles. The molecule has 0 spiro atoms. The van der Waals surface area contributed by atoms with Crippen molar-refractivity contribution in [2.45, 2.75) is 19.8 Å². The van der Waals surface area contributed by atoms with Gasteiger partial charge in [0.1, 0.15) is 4.32 Å². The number of hydrogen-bond donors (Lipinski definition) is 1. The second-order valence-corrected chi connectivity index (χ2v) is 8.46. The van der Waals surface area contributed by atoms with Crippen LogP contribution in [0.15, 0.2) is 53.4 Å². The van der Waals surface area contributed by atoms with Crippen LogP contribution in [0.4, 0.5) is 5.69 Å². The molecule has 7 heteroatoms. The maximum atomic E-state index is 12.6. The Labute approximate surface area is 178 Å². The van der Waals surface area contributed by atoms with Crippen LogP contribution in [0, 0.1) is 6.92 Å². The van der Waals surface area contributed by atoms with Gasteiger partial charge in [-0.15, -0.1) is 0 Å². The minimum Gasteiger partial charge on any atom is -0.326 e. The molecule has 1 aliphatic rings. The van der Waals surface area contributed by atoms with Crippen molar-refractivity contribution in [2.24, 2.45) is 0 Å². The monoisotopic (exact) mass is 430 g/mol. The quantitative estimate of drug-likeness (QED) is 0.501. The van der Waals surface area contributed by atoms with Gasteiger partial charge in [0.25, 0.3) is 5.91 Å². The van der Waals surface area contributed by atoms with Gasteiger partial charge in [-0.3, -0.25) is 14.5 Å². The molecule has 0 atom stereocenters. The summed E-state index contributed by atoms with van der Waals surface area (Å²) >= 11 is 12.8. The molecule has 2 aromatic rings. The van der Waals surface area contributed by atoms with Crippen LogP contribution in [-0.2, 0) is 9.59 Å². The highest BCUT2D eigenvalue weighted by atomic mass is 35.5. The number of rotatable bonds is 6. The van der Waals surface area contributed by atoms with E-state index in [0.717, 1.165) is 16.8 Å². The Balaban J connectivity index is 1.55. The molecule has 3 rings (SSSR count). The number of thiocarbonyl (C=S) groups is 1. The van der Waals surface area contributed by atoms with Crippen molar-refractivity contribution in [1.82, 2.24) is 4.90 Å². The third kappa shape index (κ3) is 5.22. The smallest absolute Gasteiger partial charge is 0.266 e. The fraction of sp³-hybridized carbons (Fsp3) is 0.190. The van der Waals surface area contributed by atoms with Crippen molar-refractivity contribution in [1.29, 1.82) is 0 Å². The number of carbonyl (C=O) groups excluding carboxylic acids is 2. The van der Waals surface area contributed by atoms with E-state index in [9.17, 15) is 9.59 Å². The second kappa shape index (κ2) is 9.37. The van der Waals surface area contributed by atoms with Crippen molar-refractivity contribution in [3.63, 3.8) is 0 Å². The average molecular weight is 431 g/mol. The summed E-state index contributed by atoms with van der Waals surface area (Å²) in [5.41, 5.74) is 2.64. The number of halogens is 1. The molecule has 0 saturated carbocycles. The summed E-state index contributed by atoms with van der Waals surface area (Å²) in [5, 5.41) is 3.46. The number of amides is 2. The molecule has 2 aromatic carbocycles. The molecule has 0 bridgehead atoms. The van der Waals surface area contributed by atoms with Gasteiger partial charge >= 0.3 is 0 Å². The first kappa shape index (κ1) is 20.6. The lowest BCUT2D eigenvalue weighted by atomic mass is 10.2. The Morgan fingerprint density at radius 2 is 2.04 bits per heavy atom. The minimum atomic E-state index is -0.144. The number of aryl methyl sites for hydroxylation is 1. The predicted molar refractivity (Wildman–Crippen MR) is 120 cm³/mol. The first-order valence-electron chi connectivity index (χ1n) is 8.80. The van der Waals surface area contributed by atoms with Gasteiger partial charge in [0.2, 0.25) is 5.91 Å². The van der Waals surface area contributed by atoms with Gasteiger partial charge in [0, 0.05) is 23.7 Å². The van der Waals surface area contributed by atoms with E-state index in [0.29, 0.717) is 33.6 Å². The van der Waals surface area contributed by atoms with Gasteiger partial charge in [-0.1, -0.05) is 65.9 Å². The minimum absolute atomic E-state index is 0.0809. The van der Waals surface area contributed by atoms with Gasteiger partial charge in [-0.25, -0.2) is 0 Å². The fourth-order valence-electron chi connectivity index (χ4n) is 2.77. The average Bonchev–Trinajstić information content (AvgIpc) is 2.91. The van der Waals surface area contributed by atoms with Crippen LogP contribution < -0.4 is 5.32 Å². The lowest BCUT2D eigenvalue weighted by Gasteiger charge is -2.14. The zero-order valence-electron chi connectivity index (χ0n) is 15.3. The van der Waals surface area contributed by atoms with E-state index in [1.54, 1.807) is 17.0 Å². The molecule has 2 amide bonds. The standard InChI is InChI=1S/C21H19ClN2O2S2/c1-14-6-4-8-16(12-14)23-19(25)10-5-11-24-20(26)18(28-21(24)27)13-15-7-2-3-9-17(15)22/h2-4,6-9,12-13H,5,10-11H2,1H3,(H,23,25)/b18-13-. The van der Waals surface area contributed by atoms with Crippen LogP contribution in [0.3, 0.4) is 0 Å². The Kier molecular flexibility index (Phi) is 6.88. The van der Waals surface area contributed by atoms with Crippen LogP contribution in [0.2, 0.25) is 5.02 Å². The number of anilines is 1. The van der Waals surface area contributed by atoms with Gasteiger partial charge < -0.3 is 5.32 Å². The van der Waals surface area contributed by atoms with Crippen LogP contribution >= 0.6 is 35.6 Å². The lowest BCUT2D eigenvalue weighted by molar-refractivity contribution is -0.122. The van der Waals surface area contributed by atoms with Crippen molar-refractivity contribution >= 4 is 63.5 Å². The Bertz CT molecular complexity index is 959. The molecule has 1 aliphatic heterocycles. The molecule has 1 heterocycles. The summed E-state index contributed by atoms with van der Waals surface area (Å²) in [4.78, 5) is 26.9. The molecule has 4 nitrogen and oxygen atoms in total. The van der Waals surface area contributed by atoms with E-state index in [4.69, 9.17) is 23.8 Å². The summed E-state index contributed by atoms with van der Waals surface area (Å²) < 4.78 is 0.502. The van der Waals surface area contributed by atoms with E-state index in [-0.39, 0.29) is 11.8 Å². The largest absolute Gasteiger partial charge is 0.326 e. The Morgan fingerprint density at radius 1 is 1.25 bits per heavy atom. The topological polar surface area (TPSA) is 49.4 Å². The Morgan fingerprint density at radius 3 is 2.79 bits per heavy atom. The molecule has 1 saturated heterocycles. The molecular formula is C21H19ClN2O2S2.